The highest BCUT2D eigenvalue weighted by atomic mass is 32.1. The molecule has 0 saturated carbocycles. The molecule has 68 valence electrons. The summed E-state index contributed by atoms with van der Waals surface area (Å²) in [6, 6.07) is 0. The van der Waals surface area contributed by atoms with Crippen molar-refractivity contribution in [1.82, 2.24) is 4.98 Å². The Morgan fingerprint density at radius 3 is 3.15 bits per heavy atom. The molecule has 0 aliphatic rings. The highest BCUT2D eigenvalue weighted by Gasteiger charge is 2.09. The summed E-state index contributed by atoms with van der Waals surface area (Å²) in [6.45, 7) is 2.19. The van der Waals surface area contributed by atoms with Crippen LogP contribution in [0, 0.1) is 22.0 Å². The van der Waals surface area contributed by atoms with Gasteiger partial charge in [0.05, 0.1) is 11.5 Å². The van der Waals surface area contributed by atoms with E-state index >= 15 is 0 Å². The van der Waals surface area contributed by atoms with E-state index in [0.717, 1.165) is 11.3 Å². The van der Waals surface area contributed by atoms with Crippen LogP contribution < -0.4 is 5.32 Å². The lowest BCUT2D eigenvalue weighted by Crippen LogP contribution is -1.96. The van der Waals surface area contributed by atoms with Crippen LogP contribution in [0.4, 0.5) is 10.1 Å². The third-order valence-corrected chi connectivity index (χ3v) is 2.08. The predicted octanol–water partition coefficient (Wildman–Crippen LogP) is 1.49. The molecule has 13 heavy (non-hydrogen) atoms. The van der Waals surface area contributed by atoms with Gasteiger partial charge in [-0.1, -0.05) is 5.92 Å². The molecular weight excluding hydrogens is 190 g/mol. The van der Waals surface area contributed by atoms with E-state index in [1.807, 2.05) is 0 Å². The van der Waals surface area contributed by atoms with E-state index in [4.69, 9.17) is 0 Å². The predicted molar refractivity (Wildman–Crippen MR) is 50.7 cm³/mol. The van der Waals surface area contributed by atoms with Crippen LogP contribution in [0.25, 0.3) is 0 Å². The Labute approximate surface area is 79.0 Å². The number of nitrogens with one attached hydrogen (secondary N) is 1. The highest BCUT2D eigenvalue weighted by molar-refractivity contribution is 7.18. The third kappa shape index (κ3) is 2.72. The van der Waals surface area contributed by atoms with E-state index in [2.05, 4.69) is 22.1 Å². The van der Waals surface area contributed by atoms with Crippen molar-refractivity contribution in [2.45, 2.75) is 6.92 Å². The molecule has 0 fully saturated rings. The fourth-order valence-corrected chi connectivity index (χ4v) is 1.27. The summed E-state index contributed by atoms with van der Waals surface area (Å²) >= 11 is 1.00. The Kier molecular flexibility index (Phi) is 3.23. The molecule has 0 spiro atoms. The molecule has 0 bridgehead atoms. The van der Waals surface area contributed by atoms with Crippen molar-refractivity contribution in [1.29, 1.82) is 0 Å². The van der Waals surface area contributed by atoms with Crippen LogP contribution in [-0.4, -0.2) is 16.5 Å². The molecular formula is C7H7N3O2S. The summed E-state index contributed by atoms with van der Waals surface area (Å²) in [5.41, 5.74) is 0. The van der Waals surface area contributed by atoms with Crippen LogP contribution in [0.15, 0.2) is 6.20 Å². The Bertz CT molecular complexity index is 363. The molecule has 0 aromatic carbocycles. The second-order valence-corrected chi connectivity index (χ2v) is 3.05. The molecule has 0 amide bonds. The maximum Gasteiger partial charge on any atom is 0.345 e. The summed E-state index contributed by atoms with van der Waals surface area (Å²) in [5, 5.41) is 13.7. The van der Waals surface area contributed by atoms with Crippen LogP contribution >= 0.6 is 11.3 Å². The maximum absolute atomic E-state index is 10.3. The first-order valence-electron chi connectivity index (χ1n) is 3.47. The van der Waals surface area contributed by atoms with Gasteiger partial charge in [-0.05, 0) is 18.3 Å². The molecule has 1 aromatic heterocycles. The first-order valence-corrected chi connectivity index (χ1v) is 4.29. The molecule has 0 saturated heterocycles. The number of hydrogen-bond acceptors (Lipinski definition) is 5. The van der Waals surface area contributed by atoms with E-state index in [-0.39, 0.29) is 5.00 Å². The van der Waals surface area contributed by atoms with Crippen LogP contribution in [0.1, 0.15) is 6.92 Å². The standard InChI is InChI=1S/C7H7N3O2S/c1-2-3-4-8-7-9-5-6(13-7)10(11)12/h5H,4H2,1H3,(H,8,9). The number of thiazole rings is 1. The average Bonchev–Trinajstić information content (AvgIpc) is 2.53. The first-order chi connectivity index (χ1) is 6.24. The van der Waals surface area contributed by atoms with E-state index in [9.17, 15) is 10.1 Å². The van der Waals surface area contributed by atoms with Crippen molar-refractivity contribution in [2.24, 2.45) is 0 Å². The second kappa shape index (κ2) is 4.42. The molecule has 0 radical (unpaired) electrons. The number of nitro groups is 1. The molecule has 0 atom stereocenters. The van der Waals surface area contributed by atoms with Crippen molar-refractivity contribution in [2.75, 3.05) is 11.9 Å². The van der Waals surface area contributed by atoms with Gasteiger partial charge in [-0.25, -0.2) is 4.98 Å². The zero-order valence-electron chi connectivity index (χ0n) is 6.90. The Morgan fingerprint density at radius 1 is 1.85 bits per heavy atom. The van der Waals surface area contributed by atoms with Gasteiger partial charge in [0, 0.05) is 0 Å². The molecule has 0 aliphatic heterocycles. The fourth-order valence-electron chi connectivity index (χ4n) is 0.640. The largest absolute Gasteiger partial charge is 0.350 e. The van der Waals surface area contributed by atoms with Crippen molar-refractivity contribution in [3.63, 3.8) is 0 Å². The van der Waals surface area contributed by atoms with E-state index in [1.165, 1.54) is 6.20 Å². The minimum atomic E-state index is -0.464. The normalized spacial score (nSPS) is 8.69. The average molecular weight is 197 g/mol. The monoisotopic (exact) mass is 197 g/mol. The summed E-state index contributed by atoms with van der Waals surface area (Å²) in [7, 11) is 0. The molecule has 5 nitrogen and oxygen atoms in total. The van der Waals surface area contributed by atoms with Gasteiger partial charge in [0.25, 0.3) is 0 Å². The van der Waals surface area contributed by atoms with Gasteiger partial charge in [-0.2, -0.15) is 0 Å². The number of anilines is 1. The van der Waals surface area contributed by atoms with Gasteiger partial charge in [-0.3, -0.25) is 10.1 Å². The maximum atomic E-state index is 10.3. The highest BCUT2D eigenvalue weighted by Crippen LogP contribution is 2.24. The number of nitrogens with zero attached hydrogens (tertiary/aromatic N) is 2. The quantitative estimate of drug-likeness (QED) is 0.453. The van der Waals surface area contributed by atoms with Crippen LogP contribution in [-0.2, 0) is 0 Å². The smallest absolute Gasteiger partial charge is 0.345 e. The molecule has 1 heterocycles. The fraction of sp³-hybridized carbons (Fsp3) is 0.286. The third-order valence-electron chi connectivity index (χ3n) is 1.18. The van der Waals surface area contributed by atoms with E-state index < -0.39 is 4.92 Å². The summed E-state index contributed by atoms with van der Waals surface area (Å²) in [5.74, 6) is 5.47. The summed E-state index contributed by atoms with van der Waals surface area (Å²) < 4.78 is 0. The summed E-state index contributed by atoms with van der Waals surface area (Å²) in [4.78, 5) is 13.6. The molecule has 0 aliphatic carbocycles. The van der Waals surface area contributed by atoms with Crippen molar-refractivity contribution >= 4 is 21.5 Å². The van der Waals surface area contributed by atoms with Crippen LogP contribution in [0.5, 0.6) is 0 Å². The van der Waals surface area contributed by atoms with Gasteiger partial charge in [-0.15, -0.1) is 5.92 Å². The lowest BCUT2D eigenvalue weighted by atomic mass is 10.6. The SMILES string of the molecule is CC#CCNc1ncc([N+](=O)[O-])s1. The molecule has 1 aromatic rings. The molecule has 1 rings (SSSR count). The number of rotatable bonds is 3. The second-order valence-electron chi connectivity index (χ2n) is 2.04. The zero-order chi connectivity index (χ0) is 9.68. The minimum absolute atomic E-state index is 0.0342. The molecule has 0 unspecified atom stereocenters. The van der Waals surface area contributed by atoms with Crippen molar-refractivity contribution in [3.8, 4) is 11.8 Å². The van der Waals surface area contributed by atoms with Gasteiger partial charge in [0.2, 0.25) is 0 Å². The van der Waals surface area contributed by atoms with Gasteiger partial charge in [0.1, 0.15) is 6.20 Å². The van der Waals surface area contributed by atoms with Crippen LogP contribution in [0.2, 0.25) is 0 Å². The lowest BCUT2D eigenvalue weighted by Gasteiger charge is -1.91. The number of aromatic nitrogens is 1. The van der Waals surface area contributed by atoms with Gasteiger partial charge >= 0.3 is 5.00 Å². The minimum Gasteiger partial charge on any atom is -0.350 e. The zero-order valence-corrected chi connectivity index (χ0v) is 7.72. The summed E-state index contributed by atoms with van der Waals surface area (Å²) in [6.07, 6.45) is 1.23. The topological polar surface area (TPSA) is 68.1 Å². The Hall–Kier alpha value is -1.61. The number of hydrogen-bond donors (Lipinski definition) is 1. The molecule has 1 N–H and O–H groups in total. The van der Waals surface area contributed by atoms with Crippen molar-refractivity contribution in [3.05, 3.63) is 16.3 Å². The van der Waals surface area contributed by atoms with Crippen molar-refractivity contribution < 1.29 is 4.92 Å². The van der Waals surface area contributed by atoms with E-state index in [1.54, 1.807) is 6.92 Å². The lowest BCUT2D eigenvalue weighted by molar-refractivity contribution is -0.380. The Balaban J connectivity index is 2.57. The molecule has 6 heteroatoms. The van der Waals surface area contributed by atoms with Gasteiger partial charge in [0.15, 0.2) is 5.13 Å². The van der Waals surface area contributed by atoms with E-state index in [0.29, 0.717) is 11.7 Å². The first kappa shape index (κ1) is 9.48. The Morgan fingerprint density at radius 2 is 2.62 bits per heavy atom. The van der Waals surface area contributed by atoms with Gasteiger partial charge < -0.3 is 5.32 Å². The van der Waals surface area contributed by atoms with Crippen LogP contribution in [0.3, 0.4) is 0 Å².